The summed E-state index contributed by atoms with van der Waals surface area (Å²) in [7, 11) is 0.247. The molecule has 1 aliphatic rings. The Morgan fingerprint density at radius 3 is 2.69 bits per heavy atom. The summed E-state index contributed by atoms with van der Waals surface area (Å²) in [6.45, 7) is 2.22. The van der Waals surface area contributed by atoms with Crippen molar-refractivity contribution < 1.29 is 4.79 Å². The van der Waals surface area contributed by atoms with E-state index in [9.17, 15) is 4.79 Å². The molecule has 0 fully saturated rings. The van der Waals surface area contributed by atoms with Gasteiger partial charge in [0.15, 0.2) is 5.78 Å². The Hall–Kier alpha value is -0.890. The topological polar surface area (TPSA) is 17.1 Å². The van der Waals surface area contributed by atoms with Crippen LogP contribution in [-0.4, -0.2) is 22.2 Å². The fraction of sp³-hybridized carbons (Fsp3) is 0.429. The van der Waals surface area contributed by atoms with Crippen LogP contribution in [0.15, 0.2) is 30.3 Å². The van der Waals surface area contributed by atoms with Crippen LogP contribution in [0.4, 0.5) is 0 Å². The molecule has 1 heterocycles. The van der Waals surface area contributed by atoms with Gasteiger partial charge in [-0.3, -0.25) is 4.79 Å². The van der Waals surface area contributed by atoms with Crippen molar-refractivity contribution in [2.45, 2.75) is 26.2 Å². The monoisotopic (exact) mass is 234 g/mol. The molecule has 0 amide bonds. The maximum absolute atomic E-state index is 12.1. The number of carbonyl (C=O) groups excluding carboxylic acids is 1. The molecular weight excluding hydrogens is 216 g/mol. The van der Waals surface area contributed by atoms with Gasteiger partial charge in [0.2, 0.25) is 0 Å². The molecule has 1 unspecified atom stereocenters. The summed E-state index contributed by atoms with van der Waals surface area (Å²) in [5, 5.41) is 0. The lowest BCUT2D eigenvalue weighted by Crippen LogP contribution is -2.11. The van der Waals surface area contributed by atoms with Gasteiger partial charge in [-0.1, -0.05) is 30.3 Å². The van der Waals surface area contributed by atoms with Crippen molar-refractivity contribution in [2.24, 2.45) is 0 Å². The molecule has 1 nitrogen and oxygen atoms in total. The summed E-state index contributed by atoms with van der Waals surface area (Å²) in [5.74, 6) is 2.27. The summed E-state index contributed by atoms with van der Waals surface area (Å²) in [5.41, 5.74) is 0.869. The number of carbonyl (C=O) groups is 1. The van der Waals surface area contributed by atoms with Crippen molar-refractivity contribution in [3.8, 4) is 0 Å². The van der Waals surface area contributed by atoms with Gasteiger partial charge in [0.05, 0.1) is 5.75 Å². The molecule has 1 aromatic rings. The van der Waals surface area contributed by atoms with Crippen LogP contribution in [0, 0.1) is 0 Å². The molecule has 2 heteroatoms. The molecule has 0 bridgehead atoms. The molecule has 0 aliphatic carbocycles. The largest absolute Gasteiger partial charge is 0.293 e. The van der Waals surface area contributed by atoms with Crippen molar-refractivity contribution >= 4 is 21.1 Å². The SMILES string of the molecule is CC1=S(CC(=O)c2ccccc2)CCCC1. The van der Waals surface area contributed by atoms with Gasteiger partial charge in [0.1, 0.15) is 0 Å². The zero-order chi connectivity index (χ0) is 11.4. The zero-order valence-electron chi connectivity index (χ0n) is 9.74. The lowest BCUT2D eigenvalue weighted by molar-refractivity contribution is 0.102. The minimum absolute atomic E-state index is 0.247. The lowest BCUT2D eigenvalue weighted by atomic mass is 10.2. The number of ketones is 1. The molecule has 1 atom stereocenters. The average Bonchev–Trinajstić information content (AvgIpc) is 2.33. The molecular formula is C14H18OS. The maximum atomic E-state index is 12.1. The van der Waals surface area contributed by atoms with Crippen molar-refractivity contribution in [1.82, 2.24) is 0 Å². The molecule has 1 aromatic carbocycles. The van der Waals surface area contributed by atoms with Gasteiger partial charge in [-0.05, 0) is 36.8 Å². The van der Waals surface area contributed by atoms with Crippen molar-refractivity contribution in [3.63, 3.8) is 0 Å². The van der Waals surface area contributed by atoms with E-state index in [4.69, 9.17) is 0 Å². The molecule has 1 aliphatic heterocycles. The van der Waals surface area contributed by atoms with Gasteiger partial charge in [-0.15, -0.1) is 0 Å². The first-order chi connectivity index (χ1) is 7.77. The molecule has 16 heavy (non-hydrogen) atoms. The van der Waals surface area contributed by atoms with E-state index in [1.165, 1.54) is 25.0 Å². The Balaban J connectivity index is 2.08. The van der Waals surface area contributed by atoms with Crippen molar-refractivity contribution in [2.75, 3.05) is 11.5 Å². The molecule has 0 aromatic heterocycles. The van der Waals surface area contributed by atoms with E-state index < -0.39 is 0 Å². The first kappa shape index (κ1) is 11.6. The normalized spacial score (nSPS) is 20.8. The highest BCUT2D eigenvalue weighted by atomic mass is 32.2. The van der Waals surface area contributed by atoms with Gasteiger partial charge in [-0.25, -0.2) is 0 Å². The molecule has 0 N–H and O–H groups in total. The highest BCUT2D eigenvalue weighted by molar-refractivity contribution is 8.16. The third-order valence-corrected chi connectivity index (χ3v) is 5.65. The van der Waals surface area contributed by atoms with Crippen LogP contribution in [0.2, 0.25) is 0 Å². The summed E-state index contributed by atoms with van der Waals surface area (Å²) < 4.78 is 0. The Labute approximate surface area is 99.8 Å². The van der Waals surface area contributed by atoms with Crippen LogP contribution in [0.1, 0.15) is 36.5 Å². The first-order valence-corrected chi connectivity index (χ1v) is 7.42. The van der Waals surface area contributed by atoms with E-state index in [1.54, 1.807) is 4.86 Å². The molecule has 0 radical (unpaired) electrons. The highest BCUT2D eigenvalue weighted by Crippen LogP contribution is 2.26. The first-order valence-electron chi connectivity index (χ1n) is 5.85. The van der Waals surface area contributed by atoms with Gasteiger partial charge in [0, 0.05) is 5.56 Å². The third kappa shape index (κ3) is 2.82. The number of rotatable bonds is 3. The Bertz CT molecular complexity index is 406. The second kappa shape index (κ2) is 5.44. The van der Waals surface area contributed by atoms with Crippen LogP contribution in [0.3, 0.4) is 0 Å². The zero-order valence-corrected chi connectivity index (χ0v) is 10.6. The molecule has 0 saturated heterocycles. The molecule has 2 rings (SSSR count). The average molecular weight is 234 g/mol. The van der Waals surface area contributed by atoms with Gasteiger partial charge in [0.25, 0.3) is 0 Å². The second-order valence-corrected chi connectivity index (χ2v) is 6.67. The van der Waals surface area contributed by atoms with Crippen molar-refractivity contribution in [3.05, 3.63) is 35.9 Å². The smallest absolute Gasteiger partial charge is 0.172 e. The minimum Gasteiger partial charge on any atom is -0.293 e. The van der Waals surface area contributed by atoms with Gasteiger partial charge in [-0.2, -0.15) is 10.5 Å². The van der Waals surface area contributed by atoms with Crippen LogP contribution in [-0.2, 0) is 0 Å². The Kier molecular flexibility index (Phi) is 3.94. The summed E-state index contributed by atoms with van der Waals surface area (Å²) in [6, 6.07) is 9.68. The molecule has 0 spiro atoms. The fourth-order valence-electron chi connectivity index (χ4n) is 2.03. The fourth-order valence-corrected chi connectivity index (χ4v) is 4.24. The van der Waals surface area contributed by atoms with Crippen LogP contribution < -0.4 is 0 Å². The van der Waals surface area contributed by atoms with E-state index in [0.717, 1.165) is 11.3 Å². The summed E-state index contributed by atoms with van der Waals surface area (Å²) in [6.07, 6.45) is 3.84. The van der Waals surface area contributed by atoms with Crippen LogP contribution >= 0.6 is 10.5 Å². The number of hydrogen-bond donors (Lipinski definition) is 0. The van der Waals surface area contributed by atoms with Crippen LogP contribution in [0.5, 0.6) is 0 Å². The number of Topliss-reactive ketones (excluding diaryl/α,β-unsaturated/α-hetero) is 1. The predicted octanol–water partition coefficient (Wildman–Crippen LogP) is 3.51. The predicted molar refractivity (Wildman–Crippen MR) is 72.6 cm³/mol. The van der Waals surface area contributed by atoms with E-state index in [1.807, 2.05) is 30.3 Å². The third-order valence-electron chi connectivity index (χ3n) is 3.06. The molecule has 86 valence electrons. The quantitative estimate of drug-likeness (QED) is 0.578. The van der Waals surface area contributed by atoms with E-state index in [2.05, 4.69) is 6.92 Å². The highest BCUT2D eigenvalue weighted by Gasteiger charge is 2.12. The van der Waals surface area contributed by atoms with Gasteiger partial charge >= 0.3 is 0 Å². The maximum Gasteiger partial charge on any atom is 0.172 e. The summed E-state index contributed by atoms with van der Waals surface area (Å²) in [4.78, 5) is 13.6. The lowest BCUT2D eigenvalue weighted by Gasteiger charge is -2.18. The molecule has 0 saturated carbocycles. The minimum atomic E-state index is 0.247. The standard InChI is InChI=1S/C14H18OS/c1-12-7-5-6-10-16(12)11-14(15)13-8-3-2-4-9-13/h2-4,8-9H,5-7,10-11H2,1H3. The number of benzene rings is 1. The second-order valence-electron chi connectivity index (χ2n) is 4.29. The Morgan fingerprint density at radius 2 is 2.00 bits per heavy atom. The Morgan fingerprint density at radius 1 is 1.25 bits per heavy atom. The van der Waals surface area contributed by atoms with Crippen molar-refractivity contribution in [1.29, 1.82) is 0 Å². The van der Waals surface area contributed by atoms with E-state index >= 15 is 0 Å². The van der Waals surface area contributed by atoms with Gasteiger partial charge < -0.3 is 0 Å². The van der Waals surface area contributed by atoms with E-state index in [-0.39, 0.29) is 10.5 Å². The van der Waals surface area contributed by atoms with E-state index in [0.29, 0.717) is 5.78 Å². The summed E-state index contributed by atoms with van der Waals surface area (Å²) >= 11 is 0. The van der Waals surface area contributed by atoms with Crippen LogP contribution in [0.25, 0.3) is 0 Å². The number of hydrogen-bond acceptors (Lipinski definition) is 1.